The Kier molecular flexibility index (Phi) is 10.1. The number of carbonyl (C=O) groups is 2. The summed E-state index contributed by atoms with van der Waals surface area (Å²) in [4.78, 5) is 22.3. The van der Waals surface area contributed by atoms with Crippen molar-refractivity contribution < 1.29 is 19.1 Å². The van der Waals surface area contributed by atoms with Crippen molar-refractivity contribution in [3.8, 4) is 0 Å². The summed E-state index contributed by atoms with van der Waals surface area (Å²) in [6.45, 7) is 1.46. The van der Waals surface area contributed by atoms with Crippen LogP contribution in [-0.2, 0) is 19.1 Å². The van der Waals surface area contributed by atoms with Gasteiger partial charge in [0.2, 0.25) is 0 Å². The van der Waals surface area contributed by atoms with Crippen LogP contribution < -0.4 is 10.6 Å². The molecule has 2 saturated carbocycles. The first-order valence-electron chi connectivity index (χ1n) is 10.7. The first-order chi connectivity index (χ1) is 13.1. The summed E-state index contributed by atoms with van der Waals surface area (Å²) in [5.41, 5.74) is 0. The minimum atomic E-state index is -0.133. The van der Waals surface area contributed by atoms with Gasteiger partial charge in [-0.3, -0.25) is 9.59 Å². The van der Waals surface area contributed by atoms with Gasteiger partial charge in [-0.2, -0.15) is 0 Å². The van der Waals surface area contributed by atoms with E-state index in [1.165, 1.54) is 72.0 Å². The minimum absolute atomic E-state index is 0.133. The summed E-state index contributed by atoms with van der Waals surface area (Å²) in [5, 5.41) is 7.01. The van der Waals surface area contributed by atoms with Crippen molar-refractivity contribution >= 4 is 11.9 Å². The molecule has 0 aromatic heterocycles. The number of nitrogens with one attached hydrogen (secondary N) is 2. The first-order valence-corrected chi connectivity index (χ1v) is 10.7. The fraction of sp³-hybridized carbons (Fsp3) is 0.905. The summed E-state index contributed by atoms with van der Waals surface area (Å²) < 4.78 is 9.36. The largest absolute Gasteiger partial charge is 0.469 e. The number of methoxy groups -OCH3 is 2. The van der Waals surface area contributed by atoms with Crippen molar-refractivity contribution in [1.82, 2.24) is 10.6 Å². The Morgan fingerprint density at radius 2 is 1.07 bits per heavy atom. The van der Waals surface area contributed by atoms with E-state index in [4.69, 9.17) is 0 Å². The van der Waals surface area contributed by atoms with Gasteiger partial charge in [-0.1, -0.05) is 0 Å². The van der Waals surface area contributed by atoms with Crippen LogP contribution in [0, 0.1) is 11.8 Å². The quantitative estimate of drug-likeness (QED) is 0.566. The van der Waals surface area contributed by atoms with Crippen LogP contribution in [0.5, 0.6) is 0 Å². The minimum Gasteiger partial charge on any atom is -0.469 e. The zero-order valence-corrected chi connectivity index (χ0v) is 17.1. The number of rotatable bonds is 10. The molecule has 27 heavy (non-hydrogen) atoms. The highest BCUT2D eigenvalue weighted by atomic mass is 16.5. The van der Waals surface area contributed by atoms with Crippen molar-refractivity contribution in [3.05, 3.63) is 0 Å². The predicted molar refractivity (Wildman–Crippen MR) is 105 cm³/mol. The highest BCUT2D eigenvalue weighted by molar-refractivity contribution is 5.69. The van der Waals surface area contributed by atoms with Crippen LogP contribution in [0.4, 0.5) is 0 Å². The molecule has 0 saturated heterocycles. The van der Waals surface area contributed by atoms with E-state index in [0.29, 0.717) is 24.9 Å². The molecule has 0 spiro atoms. The molecule has 2 rings (SSSR count). The zero-order valence-electron chi connectivity index (χ0n) is 17.1. The third kappa shape index (κ3) is 8.60. The topological polar surface area (TPSA) is 76.7 Å². The lowest BCUT2D eigenvalue weighted by atomic mass is 9.75. The average molecular weight is 383 g/mol. The number of carbonyl (C=O) groups excluding carboxylic acids is 2. The Labute approximate surface area is 164 Å². The lowest BCUT2D eigenvalue weighted by molar-refractivity contribution is -0.141. The van der Waals surface area contributed by atoms with Gasteiger partial charge in [-0.25, -0.2) is 0 Å². The summed E-state index contributed by atoms with van der Waals surface area (Å²) in [6, 6.07) is 1.14. The van der Waals surface area contributed by atoms with Crippen molar-refractivity contribution in [1.29, 1.82) is 0 Å². The lowest BCUT2D eigenvalue weighted by Crippen LogP contribution is -2.36. The molecule has 0 unspecified atom stereocenters. The zero-order chi connectivity index (χ0) is 19.5. The van der Waals surface area contributed by atoms with Crippen molar-refractivity contribution in [3.63, 3.8) is 0 Å². The fourth-order valence-corrected chi connectivity index (χ4v) is 4.64. The van der Waals surface area contributed by atoms with Crippen LogP contribution in [0.2, 0.25) is 0 Å². The van der Waals surface area contributed by atoms with Crippen LogP contribution in [0.15, 0.2) is 0 Å². The number of ether oxygens (including phenoxy) is 2. The molecule has 2 N–H and O–H groups in total. The maximum atomic E-state index is 11.2. The summed E-state index contributed by atoms with van der Waals surface area (Å²) in [6.07, 6.45) is 12.5. The maximum absolute atomic E-state index is 11.2. The van der Waals surface area contributed by atoms with E-state index in [0.717, 1.165) is 24.9 Å². The van der Waals surface area contributed by atoms with Gasteiger partial charge < -0.3 is 20.1 Å². The number of hydrogen-bond donors (Lipinski definition) is 2. The van der Waals surface area contributed by atoms with E-state index in [1.54, 1.807) is 0 Å². The molecule has 0 bridgehead atoms. The third-order valence-electron chi connectivity index (χ3n) is 6.34. The molecular formula is C21H38N2O4. The van der Waals surface area contributed by atoms with E-state index in [9.17, 15) is 9.59 Å². The van der Waals surface area contributed by atoms with Crippen LogP contribution >= 0.6 is 0 Å². The molecule has 6 heteroatoms. The molecule has 0 heterocycles. The lowest BCUT2D eigenvalue weighted by Gasteiger charge is -2.34. The van der Waals surface area contributed by atoms with Gasteiger partial charge in [0.1, 0.15) is 0 Å². The number of esters is 2. The van der Waals surface area contributed by atoms with Crippen LogP contribution in [0.3, 0.4) is 0 Å². The predicted octanol–water partition coefficient (Wildman–Crippen LogP) is 2.80. The van der Waals surface area contributed by atoms with Gasteiger partial charge in [0.25, 0.3) is 0 Å². The molecule has 0 atom stereocenters. The fourth-order valence-electron chi connectivity index (χ4n) is 4.64. The van der Waals surface area contributed by atoms with Gasteiger partial charge in [0, 0.05) is 25.2 Å². The van der Waals surface area contributed by atoms with Gasteiger partial charge in [0.15, 0.2) is 0 Å². The van der Waals surface area contributed by atoms with E-state index in [2.05, 4.69) is 20.1 Å². The second-order valence-electron chi connectivity index (χ2n) is 8.23. The Balaban J connectivity index is 1.52. The standard InChI is InChI=1S/C21H38N2O4/c1-26-20(24)11-13-22-18-7-3-16(4-8-18)15-17-5-9-19(10-6-17)23-14-12-21(25)27-2/h16-19,22-23H,3-15H2,1-2H3. The Bertz CT molecular complexity index is 401. The molecule has 2 aliphatic rings. The van der Waals surface area contributed by atoms with Gasteiger partial charge in [-0.15, -0.1) is 0 Å². The molecule has 6 nitrogen and oxygen atoms in total. The third-order valence-corrected chi connectivity index (χ3v) is 6.34. The van der Waals surface area contributed by atoms with Crippen LogP contribution in [0.1, 0.15) is 70.6 Å². The highest BCUT2D eigenvalue weighted by Crippen LogP contribution is 2.35. The van der Waals surface area contributed by atoms with Crippen LogP contribution in [-0.4, -0.2) is 51.3 Å². The second-order valence-corrected chi connectivity index (χ2v) is 8.23. The first kappa shape index (κ1) is 22.2. The van der Waals surface area contributed by atoms with Gasteiger partial charge in [0.05, 0.1) is 27.1 Å². The molecule has 0 aliphatic heterocycles. The SMILES string of the molecule is COC(=O)CCNC1CCC(CC2CCC(NCCC(=O)OC)CC2)CC1. The monoisotopic (exact) mass is 382 g/mol. The number of hydrogen-bond acceptors (Lipinski definition) is 6. The second kappa shape index (κ2) is 12.3. The Morgan fingerprint density at radius 1 is 0.704 bits per heavy atom. The molecule has 2 aliphatic carbocycles. The normalized spacial score (nSPS) is 28.5. The molecule has 0 amide bonds. The highest BCUT2D eigenvalue weighted by Gasteiger charge is 2.26. The van der Waals surface area contributed by atoms with Crippen molar-refractivity contribution in [2.24, 2.45) is 11.8 Å². The Hall–Kier alpha value is -1.14. The van der Waals surface area contributed by atoms with Crippen molar-refractivity contribution in [2.45, 2.75) is 82.7 Å². The molecular weight excluding hydrogens is 344 g/mol. The molecule has 0 aromatic rings. The van der Waals surface area contributed by atoms with E-state index < -0.39 is 0 Å². The van der Waals surface area contributed by atoms with Gasteiger partial charge in [-0.05, 0) is 69.6 Å². The van der Waals surface area contributed by atoms with E-state index >= 15 is 0 Å². The summed E-state index contributed by atoms with van der Waals surface area (Å²) in [7, 11) is 2.89. The average Bonchev–Trinajstić information content (AvgIpc) is 2.70. The van der Waals surface area contributed by atoms with E-state index in [-0.39, 0.29) is 11.9 Å². The molecule has 2 fully saturated rings. The summed E-state index contributed by atoms with van der Waals surface area (Å²) in [5.74, 6) is 1.48. The summed E-state index contributed by atoms with van der Waals surface area (Å²) >= 11 is 0. The van der Waals surface area contributed by atoms with Gasteiger partial charge >= 0.3 is 11.9 Å². The Morgan fingerprint density at radius 3 is 1.41 bits per heavy atom. The smallest absolute Gasteiger partial charge is 0.306 e. The van der Waals surface area contributed by atoms with E-state index in [1.807, 2.05) is 0 Å². The molecule has 0 aromatic carbocycles. The molecule has 0 radical (unpaired) electrons. The maximum Gasteiger partial charge on any atom is 0.306 e. The van der Waals surface area contributed by atoms with Crippen LogP contribution in [0.25, 0.3) is 0 Å². The van der Waals surface area contributed by atoms with Crippen molar-refractivity contribution in [2.75, 3.05) is 27.3 Å². The molecule has 156 valence electrons.